The van der Waals surface area contributed by atoms with Gasteiger partial charge in [-0.2, -0.15) is 0 Å². The lowest BCUT2D eigenvalue weighted by Crippen LogP contribution is -2.11. The van der Waals surface area contributed by atoms with E-state index in [1.54, 1.807) is 24.3 Å². The first-order valence-corrected chi connectivity index (χ1v) is 8.18. The average molecular weight is 344 g/mol. The second-order valence-electron chi connectivity index (χ2n) is 6.27. The van der Waals surface area contributed by atoms with Gasteiger partial charge < -0.3 is 15.7 Å². The molecule has 1 aliphatic heterocycles. The summed E-state index contributed by atoms with van der Waals surface area (Å²) in [7, 11) is 0. The van der Waals surface area contributed by atoms with Gasteiger partial charge in [0.25, 0.3) is 5.91 Å². The maximum Gasteiger partial charge on any atom is 0.335 e. The molecule has 0 fully saturated rings. The Hall–Kier alpha value is -3.60. The summed E-state index contributed by atoms with van der Waals surface area (Å²) in [6.45, 7) is 1.97. The Morgan fingerprint density at radius 3 is 2.42 bits per heavy atom. The lowest BCUT2D eigenvalue weighted by atomic mass is 9.99. The third kappa shape index (κ3) is 2.80. The highest BCUT2D eigenvalue weighted by Gasteiger charge is 2.19. The van der Waals surface area contributed by atoms with Crippen molar-refractivity contribution in [3.05, 3.63) is 77.4 Å². The normalized spacial score (nSPS) is 12.3. The fraction of sp³-hybridized carbons (Fsp3) is 0.0476. The number of aryl methyl sites for hydroxylation is 1. The van der Waals surface area contributed by atoms with E-state index in [-0.39, 0.29) is 11.5 Å². The highest BCUT2D eigenvalue weighted by atomic mass is 16.4. The lowest BCUT2D eigenvalue weighted by Gasteiger charge is -2.10. The van der Waals surface area contributed by atoms with Crippen molar-refractivity contribution < 1.29 is 14.7 Å². The van der Waals surface area contributed by atoms with E-state index in [0.717, 1.165) is 28.1 Å². The van der Waals surface area contributed by atoms with E-state index in [4.69, 9.17) is 0 Å². The second kappa shape index (κ2) is 6.04. The van der Waals surface area contributed by atoms with Gasteiger partial charge in [0.15, 0.2) is 0 Å². The Labute approximate surface area is 150 Å². The minimum absolute atomic E-state index is 0.201. The number of carbonyl (C=O) groups is 2. The van der Waals surface area contributed by atoms with Crippen molar-refractivity contribution in [1.29, 1.82) is 0 Å². The van der Waals surface area contributed by atoms with E-state index in [1.807, 2.05) is 43.3 Å². The summed E-state index contributed by atoms with van der Waals surface area (Å²) in [6, 6.07) is 18.0. The van der Waals surface area contributed by atoms with Crippen LogP contribution in [0.2, 0.25) is 0 Å². The molecular formula is C21H16N2O3. The number of benzene rings is 3. The van der Waals surface area contributed by atoms with E-state index >= 15 is 0 Å². The molecule has 3 aromatic rings. The highest BCUT2D eigenvalue weighted by molar-refractivity contribution is 6.12. The van der Waals surface area contributed by atoms with Crippen LogP contribution >= 0.6 is 0 Å². The van der Waals surface area contributed by atoms with Gasteiger partial charge in [-0.05, 0) is 60.0 Å². The van der Waals surface area contributed by atoms with Gasteiger partial charge in [0.2, 0.25) is 0 Å². The zero-order valence-electron chi connectivity index (χ0n) is 14.0. The van der Waals surface area contributed by atoms with Gasteiger partial charge in [-0.3, -0.25) is 4.79 Å². The third-order valence-corrected chi connectivity index (χ3v) is 4.40. The van der Waals surface area contributed by atoms with Gasteiger partial charge >= 0.3 is 5.97 Å². The van der Waals surface area contributed by atoms with Crippen LogP contribution in [-0.2, 0) is 0 Å². The summed E-state index contributed by atoms with van der Waals surface area (Å²) in [4.78, 5) is 23.9. The molecular weight excluding hydrogens is 328 g/mol. The molecule has 1 amide bonds. The molecule has 5 heteroatoms. The van der Waals surface area contributed by atoms with Gasteiger partial charge in [0.1, 0.15) is 0 Å². The van der Waals surface area contributed by atoms with Crippen molar-refractivity contribution >= 4 is 28.9 Å². The number of rotatable bonds is 2. The van der Waals surface area contributed by atoms with Crippen molar-refractivity contribution in [2.45, 2.75) is 6.92 Å². The molecule has 0 saturated carbocycles. The van der Waals surface area contributed by atoms with Gasteiger partial charge in [-0.15, -0.1) is 0 Å². The molecule has 5 nitrogen and oxygen atoms in total. The summed E-state index contributed by atoms with van der Waals surface area (Å²) >= 11 is 0. The smallest absolute Gasteiger partial charge is 0.335 e. The maximum absolute atomic E-state index is 12.7. The Balaban J connectivity index is 1.78. The molecule has 0 spiro atoms. The number of carboxylic acid groups (broad SMARTS) is 1. The van der Waals surface area contributed by atoms with Crippen LogP contribution < -0.4 is 10.6 Å². The van der Waals surface area contributed by atoms with Crippen molar-refractivity contribution in [2.24, 2.45) is 0 Å². The van der Waals surface area contributed by atoms with Crippen molar-refractivity contribution in [3.8, 4) is 11.1 Å². The number of carboxylic acids is 1. The Morgan fingerprint density at radius 2 is 1.62 bits per heavy atom. The maximum atomic E-state index is 12.7. The summed E-state index contributed by atoms with van der Waals surface area (Å²) in [5, 5.41) is 15.4. The van der Waals surface area contributed by atoms with Gasteiger partial charge in [-0.25, -0.2) is 4.79 Å². The molecule has 1 heterocycles. The van der Waals surface area contributed by atoms with Gasteiger partial charge in [-0.1, -0.05) is 24.3 Å². The Kier molecular flexibility index (Phi) is 3.69. The van der Waals surface area contributed by atoms with E-state index in [2.05, 4.69) is 10.6 Å². The number of carbonyl (C=O) groups excluding carboxylic acids is 1. The SMILES string of the molecule is Cc1ccc2c(c1)NC(=O)c1cc(-c3cccc(C(=O)O)c3)ccc1N2. The molecule has 0 saturated heterocycles. The molecule has 0 radical (unpaired) electrons. The highest BCUT2D eigenvalue weighted by Crippen LogP contribution is 2.34. The van der Waals surface area contributed by atoms with Crippen LogP contribution in [0.25, 0.3) is 11.1 Å². The van der Waals surface area contributed by atoms with E-state index in [9.17, 15) is 14.7 Å². The predicted octanol–water partition coefficient (Wildman–Crippen LogP) is 4.67. The first-order chi connectivity index (χ1) is 12.5. The molecule has 0 unspecified atom stereocenters. The summed E-state index contributed by atoms with van der Waals surface area (Å²) in [5.41, 5.74) is 5.60. The molecule has 26 heavy (non-hydrogen) atoms. The van der Waals surface area contributed by atoms with E-state index < -0.39 is 5.97 Å². The number of hydrogen-bond donors (Lipinski definition) is 3. The number of fused-ring (bicyclic) bond motifs is 2. The average Bonchev–Trinajstić information content (AvgIpc) is 2.77. The topological polar surface area (TPSA) is 78.4 Å². The van der Waals surface area contributed by atoms with Crippen LogP contribution in [-0.4, -0.2) is 17.0 Å². The molecule has 0 bridgehead atoms. The number of hydrogen-bond acceptors (Lipinski definition) is 3. The van der Waals surface area contributed by atoms with Crippen LogP contribution in [0.15, 0.2) is 60.7 Å². The minimum Gasteiger partial charge on any atom is -0.478 e. The zero-order chi connectivity index (χ0) is 18.3. The van der Waals surface area contributed by atoms with Crippen molar-refractivity contribution in [2.75, 3.05) is 10.6 Å². The lowest BCUT2D eigenvalue weighted by molar-refractivity contribution is 0.0696. The van der Waals surface area contributed by atoms with E-state index in [1.165, 1.54) is 0 Å². The Bertz CT molecular complexity index is 1060. The first-order valence-electron chi connectivity index (χ1n) is 8.18. The predicted molar refractivity (Wildman–Crippen MR) is 101 cm³/mol. The Morgan fingerprint density at radius 1 is 0.846 bits per heavy atom. The summed E-state index contributed by atoms with van der Waals surface area (Å²) in [5.74, 6) is -1.18. The fourth-order valence-corrected chi connectivity index (χ4v) is 3.06. The minimum atomic E-state index is -0.980. The second-order valence-corrected chi connectivity index (χ2v) is 6.27. The number of amides is 1. The quantitative estimate of drug-likeness (QED) is 0.631. The van der Waals surface area contributed by atoms with Gasteiger partial charge in [0, 0.05) is 0 Å². The monoisotopic (exact) mass is 344 g/mol. The van der Waals surface area contributed by atoms with Crippen LogP contribution in [0.1, 0.15) is 26.3 Å². The van der Waals surface area contributed by atoms with Crippen molar-refractivity contribution in [3.63, 3.8) is 0 Å². The standard InChI is InChI=1S/C21H16N2O3/c1-12-5-7-18-19(9-12)23-20(24)16-11-14(6-8-17(16)22-18)13-3-2-4-15(10-13)21(25)26/h2-11,22H,1H3,(H,23,24)(H,25,26). The van der Waals surface area contributed by atoms with Crippen molar-refractivity contribution in [1.82, 2.24) is 0 Å². The molecule has 3 N–H and O–H groups in total. The fourth-order valence-electron chi connectivity index (χ4n) is 3.06. The molecule has 0 aromatic heterocycles. The third-order valence-electron chi connectivity index (χ3n) is 4.40. The molecule has 0 aliphatic carbocycles. The largest absolute Gasteiger partial charge is 0.478 e. The number of nitrogens with one attached hydrogen (secondary N) is 2. The molecule has 4 rings (SSSR count). The molecule has 128 valence electrons. The van der Waals surface area contributed by atoms with Crippen LogP contribution in [0.4, 0.5) is 17.1 Å². The number of anilines is 3. The number of aromatic carboxylic acids is 1. The molecule has 3 aromatic carbocycles. The summed E-state index contributed by atoms with van der Waals surface area (Å²) in [6.07, 6.45) is 0. The molecule has 0 atom stereocenters. The zero-order valence-corrected chi connectivity index (χ0v) is 14.0. The molecule has 1 aliphatic rings. The van der Waals surface area contributed by atoms with Crippen LogP contribution in [0, 0.1) is 6.92 Å². The first kappa shape index (κ1) is 15.9. The van der Waals surface area contributed by atoms with Gasteiger partial charge in [0.05, 0.1) is 28.2 Å². The van der Waals surface area contributed by atoms with E-state index in [0.29, 0.717) is 11.3 Å². The summed E-state index contributed by atoms with van der Waals surface area (Å²) < 4.78 is 0. The van der Waals surface area contributed by atoms with Crippen LogP contribution in [0.5, 0.6) is 0 Å². The van der Waals surface area contributed by atoms with Crippen LogP contribution in [0.3, 0.4) is 0 Å².